The third kappa shape index (κ3) is 4.57. The Bertz CT molecular complexity index is 972. The van der Waals surface area contributed by atoms with Crippen LogP contribution < -0.4 is 4.90 Å². The van der Waals surface area contributed by atoms with Crippen LogP contribution in [0.4, 0.5) is 23.7 Å². The number of hydrogen-bond acceptors (Lipinski definition) is 3. The van der Waals surface area contributed by atoms with Gasteiger partial charge in [0.25, 0.3) is 0 Å². The van der Waals surface area contributed by atoms with Crippen molar-refractivity contribution >= 4 is 11.8 Å². The second-order valence-corrected chi connectivity index (χ2v) is 9.82. The zero-order valence-corrected chi connectivity index (χ0v) is 18.7. The number of fused-ring (bicyclic) bond motifs is 2. The summed E-state index contributed by atoms with van der Waals surface area (Å²) in [6.07, 6.45) is -2.95. The Kier molecular flexibility index (Phi) is 5.63. The summed E-state index contributed by atoms with van der Waals surface area (Å²) < 4.78 is 44.2. The number of para-hydroxylation sites is 1. The monoisotopic (exact) mass is 446 g/mol. The molecule has 1 amide bonds. The molecule has 2 aromatic rings. The largest absolute Gasteiger partial charge is 0.444 e. The van der Waals surface area contributed by atoms with Gasteiger partial charge in [-0.05, 0) is 62.9 Å². The molecule has 0 atom stereocenters. The minimum Gasteiger partial charge on any atom is -0.444 e. The topological polar surface area (TPSA) is 32.8 Å². The van der Waals surface area contributed by atoms with Crippen molar-refractivity contribution in [3.63, 3.8) is 0 Å². The summed E-state index contributed by atoms with van der Waals surface area (Å²) in [6.45, 7) is 8.17. The van der Waals surface area contributed by atoms with Crippen molar-refractivity contribution in [2.75, 3.05) is 24.5 Å². The standard InChI is InChI=1S/C25H29F3N2O2/c1-23(2,3)32-22(31)29-14-12-24(13-15-29)17-30(21-7-5-4-6-20(21)24)16-18-8-10-19(11-9-18)25(26,27)28/h4-11H,12-17H2,1-3H3. The molecule has 2 heterocycles. The van der Waals surface area contributed by atoms with Gasteiger partial charge in [-0.25, -0.2) is 4.79 Å². The lowest BCUT2D eigenvalue weighted by molar-refractivity contribution is -0.137. The fourth-order valence-corrected chi connectivity index (χ4v) is 4.77. The summed E-state index contributed by atoms with van der Waals surface area (Å²) in [6, 6.07) is 13.7. The van der Waals surface area contributed by atoms with Crippen LogP contribution in [0, 0.1) is 0 Å². The van der Waals surface area contributed by atoms with E-state index in [0.29, 0.717) is 19.6 Å². The summed E-state index contributed by atoms with van der Waals surface area (Å²) in [5.41, 5.74) is 2.00. The zero-order chi connectivity index (χ0) is 23.1. The van der Waals surface area contributed by atoms with E-state index in [2.05, 4.69) is 17.0 Å². The molecule has 172 valence electrons. The van der Waals surface area contributed by atoms with Gasteiger partial charge in [0.15, 0.2) is 0 Å². The summed E-state index contributed by atoms with van der Waals surface area (Å²) in [7, 11) is 0. The van der Waals surface area contributed by atoms with Gasteiger partial charge in [-0.2, -0.15) is 13.2 Å². The Balaban J connectivity index is 1.49. The number of benzene rings is 2. The van der Waals surface area contributed by atoms with Crippen LogP contribution in [0.3, 0.4) is 0 Å². The Morgan fingerprint density at radius 2 is 1.62 bits per heavy atom. The molecule has 0 N–H and O–H groups in total. The molecule has 2 aliphatic heterocycles. The molecule has 0 aromatic heterocycles. The van der Waals surface area contributed by atoms with Gasteiger partial charge in [-0.3, -0.25) is 0 Å². The maximum atomic E-state index is 12.9. The number of halogens is 3. The highest BCUT2D eigenvalue weighted by Gasteiger charge is 2.45. The molecule has 0 saturated carbocycles. The third-order valence-electron chi connectivity index (χ3n) is 6.34. The molecule has 2 aromatic carbocycles. The summed E-state index contributed by atoms with van der Waals surface area (Å²) in [5.74, 6) is 0. The van der Waals surface area contributed by atoms with Crippen LogP contribution in [0.15, 0.2) is 48.5 Å². The highest BCUT2D eigenvalue weighted by Crippen LogP contribution is 2.47. The van der Waals surface area contributed by atoms with E-state index in [-0.39, 0.29) is 11.5 Å². The molecule has 0 aliphatic carbocycles. The van der Waals surface area contributed by atoms with E-state index in [4.69, 9.17) is 4.74 Å². The molecule has 7 heteroatoms. The first-order valence-corrected chi connectivity index (χ1v) is 11.0. The van der Waals surface area contributed by atoms with Crippen LogP contribution in [0.5, 0.6) is 0 Å². The third-order valence-corrected chi connectivity index (χ3v) is 6.34. The summed E-state index contributed by atoms with van der Waals surface area (Å²) >= 11 is 0. The number of carbonyl (C=O) groups is 1. The van der Waals surface area contributed by atoms with Crippen molar-refractivity contribution in [3.8, 4) is 0 Å². The fraction of sp³-hybridized carbons (Fsp3) is 0.480. The van der Waals surface area contributed by atoms with Crippen molar-refractivity contribution in [1.82, 2.24) is 4.90 Å². The second kappa shape index (κ2) is 8.01. The SMILES string of the molecule is CC(C)(C)OC(=O)N1CCC2(CC1)CN(Cc1ccc(C(F)(F)F)cc1)c1ccccc12. The van der Waals surface area contributed by atoms with Gasteiger partial charge in [0, 0.05) is 37.3 Å². The summed E-state index contributed by atoms with van der Waals surface area (Å²) in [5, 5.41) is 0. The van der Waals surface area contributed by atoms with Crippen LogP contribution in [0.25, 0.3) is 0 Å². The first-order valence-electron chi connectivity index (χ1n) is 11.0. The lowest BCUT2D eigenvalue weighted by Gasteiger charge is -2.40. The molecule has 1 saturated heterocycles. The van der Waals surface area contributed by atoms with E-state index >= 15 is 0 Å². The molecule has 0 bridgehead atoms. The average molecular weight is 447 g/mol. The molecule has 2 aliphatic rings. The molecular weight excluding hydrogens is 417 g/mol. The predicted octanol–water partition coefficient (Wildman–Crippen LogP) is 5.99. The lowest BCUT2D eigenvalue weighted by atomic mass is 9.74. The molecule has 1 fully saturated rings. The number of hydrogen-bond donors (Lipinski definition) is 0. The average Bonchev–Trinajstić information content (AvgIpc) is 3.00. The molecule has 1 spiro atoms. The van der Waals surface area contributed by atoms with Crippen molar-refractivity contribution < 1.29 is 22.7 Å². The molecule has 0 radical (unpaired) electrons. The van der Waals surface area contributed by atoms with E-state index < -0.39 is 17.3 Å². The van der Waals surface area contributed by atoms with Gasteiger partial charge in [0.1, 0.15) is 5.60 Å². The number of piperidine rings is 1. The minimum atomic E-state index is -4.33. The Labute approximate surface area is 187 Å². The van der Waals surface area contributed by atoms with E-state index in [9.17, 15) is 18.0 Å². The van der Waals surface area contributed by atoms with Gasteiger partial charge < -0.3 is 14.5 Å². The molecular formula is C25H29F3N2O2. The molecule has 0 unspecified atom stereocenters. The van der Waals surface area contributed by atoms with E-state index in [1.807, 2.05) is 32.9 Å². The fourth-order valence-electron chi connectivity index (χ4n) is 4.77. The first kappa shape index (κ1) is 22.5. The quantitative estimate of drug-likeness (QED) is 0.568. The normalized spacial score (nSPS) is 18.1. The maximum absolute atomic E-state index is 12.9. The van der Waals surface area contributed by atoms with Crippen LogP contribution in [0.2, 0.25) is 0 Å². The Morgan fingerprint density at radius 1 is 1.00 bits per heavy atom. The molecule has 32 heavy (non-hydrogen) atoms. The second-order valence-electron chi connectivity index (χ2n) is 9.82. The number of anilines is 1. The van der Waals surface area contributed by atoms with Gasteiger partial charge >= 0.3 is 12.3 Å². The maximum Gasteiger partial charge on any atom is 0.416 e. The zero-order valence-electron chi connectivity index (χ0n) is 18.7. The number of ether oxygens (including phenoxy) is 1. The smallest absolute Gasteiger partial charge is 0.416 e. The van der Waals surface area contributed by atoms with Crippen LogP contribution >= 0.6 is 0 Å². The number of likely N-dealkylation sites (tertiary alicyclic amines) is 1. The van der Waals surface area contributed by atoms with Crippen molar-refractivity contribution in [1.29, 1.82) is 0 Å². The van der Waals surface area contributed by atoms with E-state index in [1.165, 1.54) is 5.56 Å². The van der Waals surface area contributed by atoms with Gasteiger partial charge in [0.2, 0.25) is 0 Å². The van der Waals surface area contributed by atoms with E-state index in [0.717, 1.165) is 42.8 Å². The highest BCUT2D eigenvalue weighted by molar-refractivity contribution is 5.69. The van der Waals surface area contributed by atoms with Crippen molar-refractivity contribution in [3.05, 3.63) is 65.2 Å². The molecule has 4 rings (SSSR count). The number of carbonyl (C=O) groups excluding carboxylic acids is 1. The van der Waals surface area contributed by atoms with Crippen molar-refractivity contribution in [2.45, 2.75) is 57.3 Å². The summed E-state index contributed by atoms with van der Waals surface area (Å²) in [4.78, 5) is 16.5. The van der Waals surface area contributed by atoms with Gasteiger partial charge in [-0.1, -0.05) is 30.3 Å². The van der Waals surface area contributed by atoms with Crippen molar-refractivity contribution in [2.24, 2.45) is 0 Å². The van der Waals surface area contributed by atoms with Crippen LogP contribution in [0.1, 0.15) is 50.3 Å². The predicted molar refractivity (Wildman–Crippen MR) is 118 cm³/mol. The van der Waals surface area contributed by atoms with Crippen LogP contribution in [-0.2, 0) is 22.9 Å². The number of nitrogens with zero attached hydrogens (tertiary/aromatic N) is 2. The Morgan fingerprint density at radius 3 is 2.22 bits per heavy atom. The van der Waals surface area contributed by atoms with E-state index in [1.54, 1.807) is 17.0 Å². The number of rotatable bonds is 2. The highest BCUT2D eigenvalue weighted by atomic mass is 19.4. The lowest BCUT2D eigenvalue weighted by Crippen LogP contribution is -2.48. The van der Waals surface area contributed by atoms with Gasteiger partial charge in [-0.15, -0.1) is 0 Å². The van der Waals surface area contributed by atoms with Gasteiger partial charge in [0.05, 0.1) is 5.56 Å². The first-order chi connectivity index (χ1) is 15.0. The number of amides is 1. The Hall–Kier alpha value is -2.70. The van der Waals surface area contributed by atoms with Crippen LogP contribution in [-0.4, -0.2) is 36.2 Å². The minimum absolute atomic E-state index is 0.0684. The number of alkyl halides is 3. The molecule has 4 nitrogen and oxygen atoms in total.